The van der Waals surface area contributed by atoms with Crippen molar-refractivity contribution in [1.29, 1.82) is 0 Å². The van der Waals surface area contributed by atoms with E-state index in [4.69, 9.17) is 27.6 Å². The van der Waals surface area contributed by atoms with Gasteiger partial charge in [-0.15, -0.1) is 0 Å². The number of hydrogen-bond donors (Lipinski definition) is 1. The van der Waals surface area contributed by atoms with Crippen LogP contribution in [0.4, 0.5) is 5.82 Å². The molecule has 0 bridgehead atoms. The van der Waals surface area contributed by atoms with Gasteiger partial charge in [0.15, 0.2) is 5.82 Å². The summed E-state index contributed by atoms with van der Waals surface area (Å²) in [6, 6.07) is -0.160. The largest absolute Gasteiger partial charge is 0.444 e. The van der Waals surface area contributed by atoms with Gasteiger partial charge >= 0.3 is 0 Å². The molecule has 0 fully saturated rings. The summed E-state index contributed by atoms with van der Waals surface area (Å²) < 4.78 is 5.39. The topological polar surface area (TPSA) is 63.8 Å². The Balaban J connectivity index is 2.18. The van der Waals surface area contributed by atoms with E-state index in [2.05, 4.69) is 20.3 Å². The number of halogens is 2. The van der Waals surface area contributed by atoms with Crippen LogP contribution in [0.25, 0.3) is 0 Å². The summed E-state index contributed by atoms with van der Waals surface area (Å²) in [7, 11) is 0. The third-order valence-corrected chi connectivity index (χ3v) is 2.54. The van der Waals surface area contributed by atoms with Crippen LogP contribution in [0.15, 0.2) is 16.8 Å². The summed E-state index contributed by atoms with van der Waals surface area (Å²) in [5.74, 6) is 1.77. The van der Waals surface area contributed by atoms with Crippen LogP contribution in [0.5, 0.6) is 0 Å². The number of aromatic nitrogens is 3. The zero-order chi connectivity index (χ0) is 12.4. The molecule has 2 aromatic heterocycles. The van der Waals surface area contributed by atoms with Gasteiger partial charge in [0.25, 0.3) is 0 Å². The fourth-order valence-electron chi connectivity index (χ4n) is 1.29. The zero-order valence-corrected chi connectivity index (χ0v) is 10.7. The molecule has 1 N–H and O–H groups in total. The molecule has 7 heteroatoms. The summed E-state index contributed by atoms with van der Waals surface area (Å²) in [6.07, 6.45) is 3.09. The van der Waals surface area contributed by atoms with Crippen LogP contribution in [0.3, 0.4) is 0 Å². The van der Waals surface area contributed by atoms with E-state index < -0.39 is 0 Å². The molecule has 0 aliphatic carbocycles. The average molecular weight is 273 g/mol. The highest BCUT2D eigenvalue weighted by Crippen LogP contribution is 2.24. The Labute approximate surface area is 108 Å². The molecule has 0 aliphatic rings. The van der Waals surface area contributed by atoms with Crippen LogP contribution in [-0.2, 0) is 0 Å². The van der Waals surface area contributed by atoms with E-state index in [1.54, 1.807) is 6.20 Å². The van der Waals surface area contributed by atoms with Gasteiger partial charge in [0.2, 0.25) is 11.2 Å². The van der Waals surface area contributed by atoms with Gasteiger partial charge in [0, 0.05) is 0 Å². The number of nitrogens with one attached hydrogen (secondary N) is 1. The van der Waals surface area contributed by atoms with E-state index in [1.165, 1.54) is 6.20 Å². The standard InChI is InChI=1S/C10H10Cl2N4O/c1-5-3-13-9(17-5)6(2)15-8-7(11)4-14-10(12)16-8/h3-4,6H,1-2H3,(H,14,15,16). The first-order chi connectivity index (χ1) is 8.06. The minimum atomic E-state index is -0.160. The van der Waals surface area contributed by atoms with Gasteiger partial charge in [-0.05, 0) is 25.4 Å². The van der Waals surface area contributed by atoms with Crippen molar-refractivity contribution in [2.75, 3.05) is 5.32 Å². The smallest absolute Gasteiger partial charge is 0.224 e. The predicted octanol–water partition coefficient (Wildman–Crippen LogP) is 3.25. The van der Waals surface area contributed by atoms with Gasteiger partial charge in [-0.25, -0.2) is 9.97 Å². The Hall–Kier alpha value is -1.33. The van der Waals surface area contributed by atoms with Crippen molar-refractivity contribution in [2.24, 2.45) is 0 Å². The van der Waals surface area contributed by atoms with Gasteiger partial charge in [-0.3, -0.25) is 0 Å². The van der Waals surface area contributed by atoms with E-state index in [-0.39, 0.29) is 11.3 Å². The number of oxazole rings is 1. The Morgan fingerprint density at radius 1 is 1.29 bits per heavy atom. The Bertz CT molecular complexity index is 529. The average Bonchev–Trinajstić information content (AvgIpc) is 2.70. The minimum absolute atomic E-state index is 0.132. The highest BCUT2D eigenvalue weighted by molar-refractivity contribution is 6.33. The van der Waals surface area contributed by atoms with Crippen LogP contribution < -0.4 is 5.32 Å². The molecule has 0 amide bonds. The van der Waals surface area contributed by atoms with Crippen LogP contribution in [0.1, 0.15) is 24.6 Å². The van der Waals surface area contributed by atoms with Crippen molar-refractivity contribution in [3.8, 4) is 0 Å². The molecule has 5 nitrogen and oxygen atoms in total. The highest BCUT2D eigenvalue weighted by Gasteiger charge is 2.14. The molecule has 0 radical (unpaired) electrons. The Morgan fingerprint density at radius 2 is 2.06 bits per heavy atom. The van der Waals surface area contributed by atoms with Crippen molar-refractivity contribution in [3.63, 3.8) is 0 Å². The molecule has 0 saturated heterocycles. The fraction of sp³-hybridized carbons (Fsp3) is 0.300. The lowest BCUT2D eigenvalue weighted by Crippen LogP contribution is -2.09. The molecule has 0 saturated carbocycles. The maximum atomic E-state index is 5.94. The Morgan fingerprint density at radius 3 is 2.71 bits per heavy atom. The molecule has 0 spiro atoms. The lowest BCUT2D eigenvalue weighted by atomic mass is 10.3. The first-order valence-electron chi connectivity index (χ1n) is 4.93. The number of anilines is 1. The summed E-state index contributed by atoms with van der Waals surface area (Å²) in [4.78, 5) is 11.9. The van der Waals surface area contributed by atoms with Crippen molar-refractivity contribution >= 4 is 29.0 Å². The molecule has 17 heavy (non-hydrogen) atoms. The number of rotatable bonds is 3. The summed E-state index contributed by atoms with van der Waals surface area (Å²) in [5, 5.41) is 3.58. The van der Waals surface area contributed by atoms with Gasteiger partial charge in [0.1, 0.15) is 16.8 Å². The van der Waals surface area contributed by atoms with E-state index in [1.807, 2.05) is 13.8 Å². The van der Waals surface area contributed by atoms with Crippen LogP contribution in [0, 0.1) is 6.92 Å². The second-order valence-electron chi connectivity index (χ2n) is 3.51. The quantitative estimate of drug-likeness (QED) is 0.869. The SMILES string of the molecule is Cc1cnc(C(C)Nc2nc(Cl)ncc2Cl)o1. The Kier molecular flexibility index (Phi) is 3.49. The van der Waals surface area contributed by atoms with Crippen LogP contribution in [0.2, 0.25) is 10.3 Å². The molecule has 1 unspecified atom stereocenters. The molecule has 2 aromatic rings. The van der Waals surface area contributed by atoms with Gasteiger partial charge in [-0.1, -0.05) is 11.6 Å². The molecular formula is C10H10Cl2N4O. The van der Waals surface area contributed by atoms with E-state index in [9.17, 15) is 0 Å². The van der Waals surface area contributed by atoms with E-state index in [0.29, 0.717) is 16.7 Å². The first kappa shape index (κ1) is 12.1. The molecule has 2 heterocycles. The maximum Gasteiger partial charge on any atom is 0.224 e. The minimum Gasteiger partial charge on any atom is -0.444 e. The number of aryl methyl sites for hydroxylation is 1. The third kappa shape index (κ3) is 2.87. The van der Waals surface area contributed by atoms with Crippen LogP contribution >= 0.6 is 23.2 Å². The van der Waals surface area contributed by atoms with Gasteiger partial charge < -0.3 is 9.73 Å². The number of nitrogens with zero attached hydrogens (tertiary/aromatic N) is 3. The summed E-state index contributed by atoms with van der Waals surface area (Å²) >= 11 is 11.6. The molecule has 0 aromatic carbocycles. The lowest BCUT2D eigenvalue weighted by Gasteiger charge is -2.11. The van der Waals surface area contributed by atoms with E-state index in [0.717, 1.165) is 5.76 Å². The van der Waals surface area contributed by atoms with Gasteiger partial charge in [0.05, 0.1) is 12.4 Å². The second kappa shape index (κ2) is 4.89. The molecule has 90 valence electrons. The molecular weight excluding hydrogens is 263 g/mol. The normalized spacial score (nSPS) is 12.5. The van der Waals surface area contributed by atoms with E-state index >= 15 is 0 Å². The van der Waals surface area contributed by atoms with Crippen molar-refractivity contribution < 1.29 is 4.42 Å². The molecule has 0 aliphatic heterocycles. The van der Waals surface area contributed by atoms with Crippen molar-refractivity contribution in [3.05, 3.63) is 34.4 Å². The molecule has 1 atom stereocenters. The highest BCUT2D eigenvalue weighted by atomic mass is 35.5. The predicted molar refractivity (Wildman–Crippen MR) is 65.3 cm³/mol. The van der Waals surface area contributed by atoms with Crippen LogP contribution in [-0.4, -0.2) is 15.0 Å². The van der Waals surface area contributed by atoms with Crippen molar-refractivity contribution in [1.82, 2.24) is 15.0 Å². The summed E-state index contributed by atoms with van der Waals surface area (Å²) in [5.41, 5.74) is 0. The lowest BCUT2D eigenvalue weighted by molar-refractivity contribution is 0.453. The number of hydrogen-bond acceptors (Lipinski definition) is 5. The summed E-state index contributed by atoms with van der Waals surface area (Å²) in [6.45, 7) is 3.72. The van der Waals surface area contributed by atoms with Crippen molar-refractivity contribution in [2.45, 2.75) is 19.9 Å². The third-order valence-electron chi connectivity index (χ3n) is 2.08. The fourth-order valence-corrected chi connectivity index (χ4v) is 1.56. The maximum absolute atomic E-state index is 5.94. The second-order valence-corrected chi connectivity index (χ2v) is 4.26. The molecule has 2 rings (SSSR count). The van der Waals surface area contributed by atoms with Gasteiger partial charge in [-0.2, -0.15) is 4.98 Å². The monoisotopic (exact) mass is 272 g/mol. The zero-order valence-electron chi connectivity index (χ0n) is 9.24. The first-order valence-corrected chi connectivity index (χ1v) is 5.69.